The van der Waals surface area contributed by atoms with Gasteiger partial charge in [-0.15, -0.1) is 0 Å². The van der Waals surface area contributed by atoms with Crippen LogP contribution in [0.15, 0.2) is 46.9 Å². The van der Waals surface area contributed by atoms with E-state index in [1.54, 1.807) is 0 Å². The van der Waals surface area contributed by atoms with E-state index in [0.29, 0.717) is 0 Å². The Hall–Kier alpha value is -0.900. The molecular formula is C17H18BrClFN. The Bertz CT molecular complexity index is 603. The summed E-state index contributed by atoms with van der Waals surface area (Å²) in [6.07, 6.45) is 1.84. The zero-order chi connectivity index (χ0) is 15.2. The van der Waals surface area contributed by atoms with Gasteiger partial charge in [0.2, 0.25) is 0 Å². The van der Waals surface area contributed by atoms with Gasteiger partial charge in [0.1, 0.15) is 5.82 Å². The molecule has 0 aliphatic rings. The number of rotatable bonds is 6. The summed E-state index contributed by atoms with van der Waals surface area (Å²) in [5.74, 6) is -0.230. The van der Waals surface area contributed by atoms with E-state index in [0.717, 1.165) is 40.0 Å². The molecular weight excluding hydrogens is 353 g/mol. The lowest BCUT2D eigenvalue weighted by atomic mass is 9.98. The lowest BCUT2D eigenvalue weighted by molar-refractivity contribution is 0.528. The van der Waals surface area contributed by atoms with Gasteiger partial charge in [-0.1, -0.05) is 52.7 Å². The van der Waals surface area contributed by atoms with E-state index in [1.807, 2.05) is 24.3 Å². The lowest BCUT2D eigenvalue weighted by Crippen LogP contribution is -2.24. The van der Waals surface area contributed by atoms with Gasteiger partial charge >= 0.3 is 0 Å². The fraction of sp³-hybridized carbons (Fsp3) is 0.294. The summed E-state index contributed by atoms with van der Waals surface area (Å²) >= 11 is 9.53. The molecule has 0 saturated heterocycles. The van der Waals surface area contributed by atoms with Gasteiger partial charge in [-0.05, 0) is 54.8 Å². The van der Waals surface area contributed by atoms with E-state index in [4.69, 9.17) is 11.6 Å². The number of hydrogen-bond acceptors (Lipinski definition) is 1. The molecule has 0 bridgehead atoms. The first-order valence-corrected chi connectivity index (χ1v) is 8.20. The van der Waals surface area contributed by atoms with Gasteiger partial charge in [0.05, 0.1) is 0 Å². The van der Waals surface area contributed by atoms with Crippen molar-refractivity contribution in [2.45, 2.75) is 25.8 Å². The van der Waals surface area contributed by atoms with Gasteiger partial charge in [-0.2, -0.15) is 0 Å². The lowest BCUT2D eigenvalue weighted by Gasteiger charge is -2.20. The van der Waals surface area contributed by atoms with Gasteiger partial charge in [0, 0.05) is 15.5 Å². The average molecular weight is 371 g/mol. The molecule has 0 heterocycles. The molecule has 0 fully saturated rings. The minimum Gasteiger partial charge on any atom is -0.310 e. The van der Waals surface area contributed by atoms with E-state index in [2.05, 4.69) is 34.2 Å². The topological polar surface area (TPSA) is 12.0 Å². The molecule has 4 heteroatoms. The predicted molar refractivity (Wildman–Crippen MR) is 90.3 cm³/mol. The molecule has 1 unspecified atom stereocenters. The van der Waals surface area contributed by atoms with E-state index in [-0.39, 0.29) is 11.9 Å². The van der Waals surface area contributed by atoms with E-state index < -0.39 is 0 Å². The van der Waals surface area contributed by atoms with Crippen molar-refractivity contribution in [2.75, 3.05) is 6.54 Å². The third-order valence-electron chi connectivity index (χ3n) is 3.33. The van der Waals surface area contributed by atoms with Crippen LogP contribution in [0, 0.1) is 5.82 Å². The summed E-state index contributed by atoms with van der Waals surface area (Å²) in [7, 11) is 0. The van der Waals surface area contributed by atoms with Crippen molar-refractivity contribution >= 4 is 27.5 Å². The second kappa shape index (κ2) is 7.92. The van der Waals surface area contributed by atoms with Gasteiger partial charge < -0.3 is 5.32 Å². The third kappa shape index (κ3) is 4.80. The molecule has 0 spiro atoms. The smallest absolute Gasteiger partial charge is 0.124 e. The highest BCUT2D eigenvalue weighted by molar-refractivity contribution is 9.10. The molecule has 0 radical (unpaired) electrons. The monoisotopic (exact) mass is 369 g/mol. The van der Waals surface area contributed by atoms with Gasteiger partial charge in [-0.25, -0.2) is 4.39 Å². The van der Waals surface area contributed by atoms with Crippen molar-refractivity contribution in [3.63, 3.8) is 0 Å². The van der Waals surface area contributed by atoms with Crippen LogP contribution in [0.1, 0.15) is 30.5 Å². The van der Waals surface area contributed by atoms with E-state index in [1.165, 1.54) is 12.1 Å². The first kappa shape index (κ1) is 16.5. The predicted octanol–water partition coefficient (Wildman–Crippen LogP) is 5.53. The van der Waals surface area contributed by atoms with Crippen molar-refractivity contribution < 1.29 is 4.39 Å². The molecule has 112 valence electrons. The maximum atomic E-state index is 13.2. The maximum Gasteiger partial charge on any atom is 0.124 e. The van der Waals surface area contributed by atoms with Crippen molar-refractivity contribution in [3.05, 3.63) is 68.9 Å². The molecule has 1 nitrogen and oxygen atoms in total. The van der Waals surface area contributed by atoms with Gasteiger partial charge in [0.15, 0.2) is 0 Å². The minimum absolute atomic E-state index is 0.158. The summed E-state index contributed by atoms with van der Waals surface area (Å²) in [6.45, 7) is 3.06. The number of nitrogens with one attached hydrogen (secondary N) is 1. The number of hydrogen-bond donors (Lipinski definition) is 1. The van der Waals surface area contributed by atoms with Crippen LogP contribution in [0.2, 0.25) is 5.02 Å². The quantitative estimate of drug-likeness (QED) is 0.705. The fourth-order valence-corrected chi connectivity index (χ4v) is 2.97. The standard InChI is InChI=1S/C17H18BrClFN/c1-2-8-21-17(13-4-3-5-14(19)9-13)10-12-6-7-15(20)11-16(12)18/h3-7,9,11,17,21H,2,8,10H2,1H3. The molecule has 2 aromatic rings. The van der Waals surface area contributed by atoms with Crippen LogP contribution in [-0.4, -0.2) is 6.54 Å². The van der Waals surface area contributed by atoms with Crippen LogP contribution >= 0.6 is 27.5 Å². The normalized spacial score (nSPS) is 12.4. The highest BCUT2D eigenvalue weighted by atomic mass is 79.9. The summed E-state index contributed by atoms with van der Waals surface area (Å²) in [6, 6.07) is 12.9. The molecule has 2 aromatic carbocycles. The number of benzene rings is 2. The Morgan fingerprint density at radius 2 is 2.05 bits per heavy atom. The first-order chi connectivity index (χ1) is 10.1. The summed E-state index contributed by atoms with van der Waals surface area (Å²) < 4.78 is 14.0. The molecule has 21 heavy (non-hydrogen) atoms. The van der Waals surface area contributed by atoms with Crippen molar-refractivity contribution in [3.8, 4) is 0 Å². The van der Waals surface area contributed by atoms with Crippen LogP contribution in [0.3, 0.4) is 0 Å². The van der Waals surface area contributed by atoms with E-state index >= 15 is 0 Å². The van der Waals surface area contributed by atoms with Crippen molar-refractivity contribution in [1.82, 2.24) is 5.32 Å². The van der Waals surface area contributed by atoms with Crippen molar-refractivity contribution in [2.24, 2.45) is 0 Å². The summed E-state index contributed by atoms with van der Waals surface area (Å²) in [4.78, 5) is 0. The zero-order valence-corrected chi connectivity index (χ0v) is 14.2. The molecule has 0 saturated carbocycles. The Labute approximate surface area is 138 Å². The fourth-order valence-electron chi connectivity index (χ4n) is 2.26. The van der Waals surface area contributed by atoms with Gasteiger partial charge in [0.25, 0.3) is 0 Å². The summed E-state index contributed by atoms with van der Waals surface area (Å²) in [5, 5.41) is 4.26. The zero-order valence-electron chi connectivity index (χ0n) is 11.9. The van der Waals surface area contributed by atoms with Crippen LogP contribution in [0.25, 0.3) is 0 Å². The average Bonchev–Trinajstić information content (AvgIpc) is 2.45. The van der Waals surface area contributed by atoms with Crippen LogP contribution in [-0.2, 0) is 6.42 Å². The van der Waals surface area contributed by atoms with Gasteiger partial charge in [-0.3, -0.25) is 0 Å². The second-order valence-corrected chi connectivity index (χ2v) is 6.29. The molecule has 2 rings (SSSR count). The van der Waals surface area contributed by atoms with Crippen LogP contribution in [0.5, 0.6) is 0 Å². The highest BCUT2D eigenvalue weighted by Crippen LogP contribution is 2.26. The molecule has 0 amide bonds. The second-order valence-electron chi connectivity index (χ2n) is 5.00. The Morgan fingerprint density at radius 1 is 1.24 bits per heavy atom. The first-order valence-electron chi connectivity index (χ1n) is 7.03. The van der Waals surface area contributed by atoms with Crippen LogP contribution < -0.4 is 5.32 Å². The maximum absolute atomic E-state index is 13.2. The Kier molecular flexibility index (Phi) is 6.22. The summed E-state index contributed by atoms with van der Waals surface area (Å²) in [5.41, 5.74) is 2.22. The molecule has 1 N–H and O–H groups in total. The minimum atomic E-state index is -0.230. The molecule has 0 aromatic heterocycles. The van der Waals surface area contributed by atoms with Crippen LogP contribution in [0.4, 0.5) is 4.39 Å². The molecule has 0 aliphatic heterocycles. The highest BCUT2D eigenvalue weighted by Gasteiger charge is 2.14. The largest absolute Gasteiger partial charge is 0.310 e. The Balaban J connectivity index is 2.23. The Morgan fingerprint density at radius 3 is 2.71 bits per heavy atom. The SMILES string of the molecule is CCCNC(Cc1ccc(F)cc1Br)c1cccc(Cl)c1. The molecule has 0 aliphatic carbocycles. The van der Waals surface area contributed by atoms with E-state index in [9.17, 15) is 4.39 Å². The van der Waals surface area contributed by atoms with Crippen molar-refractivity contribution in [1.29, 1.82) is 0 Å². The number of halogens is 3. The molecule has 1 atom stereocenters. The third-order valence-corrected chi connectivity index (χ3v) is 4.30.